The van der Waals surface area contributed by atoms with Gasteiger partial charge in [-0.2, -0.15) is 13.2 Å². The van der Waals surface area contributed by atoms with Gasteiger partial charge in [0.1, 0.15) is 17.2 Å². The van der Waals surface area contributed by atoms with E-state index in [1.54, 1.807) is 24.5 Å². The van der Waals surface area contributed by atoms with Crippen LogP contribution in [0.3, 0.4) is 0 Å². The molecule has 0 atom stereocenters. The molecule has 0 saturated carbocycles. The van der Waals surface area contributed by atoms with Crippen molar-refractivity contribution in [3.63, 3.8) is 0 Å². The van der Waals surface area contributed by atoms with E-state index < -0.39 is 12.8 Å². The van der Waals surface area contributed by atoms with Crippen LogP contribution in [0, 0.1) is 0 Å². The van der Waals surface area contributed by atoms with E-state index in [1.807, 2.05) is 24.4 Å². The van der Waals surface area contributed by atoms with E-state index in [1.165, 1.54) is 12.1 Å². The maximum absolute atomic E-state index is 12.2. The van der Waals surface area contributed by atoms with Crippen molar-refractivity contribution in [3.8, 4) is 5.75 Å². The van der Waals surface area contributed by atoms with Crippen molar-refractivity contribution in [3.05, 3.63) is 82.8 Å². The molecule has 0 radical (unpaired) electrons. The number of fused-ring (bicyclic) bond motifs is 1. The Morgan fingerprint density at radius 2 is 1.77 bits per heavy atom. The highest BCUT2D eigenvalue weighted by molar-refractivity contribution is 6.31. The molecule has 0 aliphatic carbocycles. The number of nitrogens with zero attached hydrogens (tertiary/aromatic N) is 2. The molecule has 9 heteroatoms. The van der Waals surface area contributed by atoms with Crippen LogP contribution in [-0.2, 0) is 13.0 Å². The second-order valence-electron chi connectivity index (χ2n) is 6.99. The lowest BCUT2D eigenvalue weighted by molar-refractivity contribution is -0.153. The number of hydrogen-bond acceptors (Lipinski definition) is 4. The third-order valence-corrected chi connectivity index (χ3v) is 4.81. The van der Waals surface area contributed by atoms with Crippen LogP contribution in [-0.4, -0.2) is 27.7 Å². The fourth-order valence-electron chi connectivity index (χ4n) is 3.09. The molecule has 4 rings (SSSR count). The quantitative estimate of drug-likeness (QED) is 0.379. The van der Waals surface area contributed by atoms with Crippen LogP contribution in [0.25, 0.3) is 11.0 Å². The summed E-state index contributed by atoms with van der Waals surface area (Å²) >= 11 is 6.05. The molecule has 3 aromatic heterocycles. The van der Waals surface area contributed by atoms with Crippen molar-refractivity contribution < 1.29 is 17.9 Å². The predicted octanol–water partition coefficient (Wildman–Crippen LogP) is 5.76. The molecule has 160 valence electrons. The van der Waals surface area contributed by atoms with Crippen LogP contribution in [0.5, 0.6) is 5.75 Å². The van der Waals surface area contributed by atoms with E-state index in [-0.39, 0.29) is 5.75 Å². The van der Waals surface area contributed by atoms with Gasteiger partial charge in [-0.05, 0) is 41.0 Å². The summed E-state index contributed by atoms with van der Waals surface area (Å²) in [4.78, 5) is 11.8. The zero-order chi connectivity index (χ0) is 21.8. The van der Waals surface area contributed by atoms with Crippen LogP contribution in [0.2, 0.25) is 5.02 Å². The fourth-order valence-corrected chi connectivity index (χ4v) is 3.25. The molecule has 0 amide bonds. The van der Waals surface area contributed by atoms with Gasteiger partial charge in [0.15, 0.2) is 6.61 Å². The minimum atomic E-state index is -4.35. The van der Waals surface area contributed by atoms with Gasteiger partial charge < -0.3 is 15.0 Å². The number of anilines is 1. The van der Waals surface area contributed by atoms with Crippen molar-refractivity contribution in [2.24, 2.45) is 0 Å². The molecule has 0 aliphatic heterocycles. The summed E-state index contributed by atoms with van der Waals surface area (Å²) in [7, 11) is 0. The first kappa shape index (κ1) is 21.0. The third-order valence-electron chi connectivity index (χ3n) is 4.60. The number of rotatable bonds is 7. The summed E-state index contributed by atoms with van der Waals surface area (Å²) in [6, 6.07) is 12.2. The molecule has 0 aliphatic rings. The molecule has 1 aromatic carbocycles. The number of aromatic nitrogens is 3. The molecule has 0 bridgehead atoms. The molecule has 0 fully saturated rings. The van der Waals surface area contributed by atoms with E-state index in [0.29, 0.717) is 23.8 Å². The normalized spacial score (nSPS) is 11.6. The highest BCUT2D eigenvalue weighted by Crippen LogP contribution is 2.23. The molecule has 31 heavy (non-hydrogen) atoms. The van der Waals surface area contributed by atoms with Gasteiger partial charge in [0, 0.05) is 36.9 Å². The first-order valence-corrected chi connectivity index (χ1v) is 9.82. The Labute approximate surface area is 181 Å². The molecule has 0 unspecified atom stereocenters. The van der Waals surface area contributed by atoms with E-state index in [0.717, 1.165) is 27.7 Å². The number of H-pyrrole nitrogens is 1. The second-order valence-corrected chi connectivity index (χ2v) is 7.43. The molecule has 0 spiro atoms. The van der Waals surface area contributed by atoms with Crippen LogP contribution in [0.1, 0.15) is 16.7 Å². The van der Waals surface area contributed by atoms with Crippen molar-refractivity contribution in [1.29, 1.82) is 0 Å². The molecule has 4 aromatic rings. The zero-order valence-electron chi connectivity index (χ0n) is 16.2. The number of benzene rings is 1. The number of halogens is 4. The average molecular weight is 447 g/mol. The van der Waals surface area contributed by atoms with Gasteiger partial charge in [-0.25, -0.2) is 9.97 Å². The summed E-state index contributed by atoms with van der Waals surface area (Å²) in [5, 5.41) is 4.77. The molecular weight excluding hydrogens is 429 g/mol. The monoisotopic (exact) mass is 446 g/mol. The molecular formula is C22H18ClF3N4O. The number of hydrogen-bond donors (Lipinski definition) is 2. The van der Waals surface area contributed by atoms with Crippen LogP contribution >= 0.6 is 11.6 Å². The summed E-state index contributed by atoms with van der Waals surface area (Å²) in [5.41, 5.74) is 3.81. The lowest BCUT2D eigenvalue weighted by Crippen LogP contribution is -2.19. The van der Waals surface area contributed by atoms with Gasteiger partial charge in [0.05, 0.1) is 5.02 Å². The summed E-state index contributed by atoms with van der Waals surface area (Å²) in [5.74, 6) is 0.877. The number of ether oxygens (including phenoxy) is 1. The topological polar surface area (TPSA) is 62.8 Å². The van der Waals surface area contributed by atoms with Crippen LogP contribution in [0.4, 0.5) is 19.0 Å². The summed E-state index contributed by atoms with van der Waals surface area (Å²) < 4.78 is 41.3. The Bertz CT molecular complexity index is 1160. The van der Waals surface area contributed by atoms with Gasteiger partial charge >= 0.3 is 6.18 Å². The summed E-state index contributed by atoms with van der Waals surface area (Å²) in [6.07, 6.45) is 1.66. The van der Waals surface area contributed by atoms with Gasteiger partial charge in [-0.3, -0.25) is 0 Å². The lowest BCUT2D eigenvalue weighted by atomic mass is 10.1. The first-order chi connectivity index (χ1) is 14.9. The number of nitrogens with one attached hydrogen (secondary N) is 2. The standard InChI is InChI=1S/C22H18ClF3N4O/c23-17-8-19-16(11-29-21(19)30-12-17)7-15-3-6-20(28-10-15)27-9-14-1-4-18(5-2-14)31-13-22(24,25)26/h1-6,8,10-12H,7,9,13H2,(H,27,28)(H,29,30). The second kappa shape index (κ2) is 8.85. The largest absolute Gasteiger partial charge is 0.484 e. The van der Waals surface area contributed by atoms with E-state index in [2.05, 4.69) is 20.3 Å². The van der Waals surface area contributed by atoms with Gasteiger partial charge in [-0.1, -0.05) is 29.8 Å². The molecule has 3 heterocycles. The smallest absolute Gasteiger partial charge is 0.422 e. The molecule has 5 nitrogen and oxygen atoms in total. The molecule has 0 saturated heterocycles. The van der Waals surface area contributed by atoms with Gasteiger partial charge in [-0.15, -0.1) is 0 Å². The third kappa shape index (κ3) is 5.67. The van der Waals surface area contributed by atoms with Gasteiger partial charge in [0.2, 0.25) is 0 Å². The Balaban J connectivity index is 1.33. The van der Waals surface area contributed by atoms with Crippen LogP contribution < -0.4 is 10.1 Å². The lowest BCUT2D eigenvalue weighted by Gasteiger charge is -2.10. The Morgan fingerprint density at radius 3 is 2.48 bits per heavy atom. The predicted molar refractivity (Wildman–Crippen MR) is 113 cm³/mol. The Morgan fingerprint density at radius 1 is 1.00 bits per heavy atom. The zero-order valence-corrected chi connectivity index (χ0v) is 17.0. The van der Waals surface area contributed by atoms with Crippen molar-refractivity contribution >= 4 is 28.5 Å². The minimum absolute atomic E-state index is 0.178. The number of pyridine rings is 2. The first-order valence-electron chi connectivity index (χ1n) is 9.44. The van der Waals surface area contributed by atoms with Crippen molar-refractivity contribution in [1.82, 2.24) is 15.0 Å². The minimum Gasteiger partial charge on any atom is -0.484 e. The summed E-state index contributed by atoms with van der Waals surface area (Å²) in [6.45, 7) is -0.818. The highest BCUT2D eigenvalue weighted by Gasteiger charge is 2.28. The maximum Gasteiger partial charge on any atom is 0.422 e. The van der Waals surface area contributed by atoms with Crippen molar-refractivity contribution in [2.75, 3.05) is 11.9 Å². The number of alkyl halides is 3. The van der Waals surface area contributed by atoms with Crippen molar-refractivity contribution in [2.45, 2.75) is 19.1 Å². The van der Waals surface area contributed by atoms with Crippen LogP contribution in [0.15, 0.2) is 61.1 Å². The Kier molecular flexibility index (Phi) is 5.99. The maximum atomic E-state index is 12.2. The molecule has 2 N–H and O–H groups in total. The van der Waals surface area contributed by atoms with E-state index in [4.69, 9.17) is 16.3 Å². The fraction of sp³-hybridized carbons (Fsp3) is 0.182. The van der Waals surface area contributed by atoms with Gasteiger partial charge in [0.25, 0.3) is 0 Å². The highest BCUT2D eigenvalue weighted by atomic mass is 35.5. The Hall–Kier alpha value is -3.26. The SMILES string of the molecule is FC(F)(F)COc1ccc(CNc2ccc(Cc3c[nH]c4ncc(Cl)cc34)cn2)cc1. The average Bonchev–Trinajstić information content (AvgIpc) is 3.14. The van der Waals surface area contributed by atoms with E-state index >= 15 is 0 Å². The van der Waals surface area contributed by atoms with E-state index in [9.17, 15) is 13.2 Å². The number of aromatic amines is 1.